The van der Waals surface area contributed by atoms with Crippen molar-refractivity contribution >= 4 is 17.3 Å². The average molecular weight is 313 g/mol. The molecule has 2 aromatic rings. The van der Waals surface area contributed by atoms with Crippen LogP contribution in [0.3, 0.4) is 0 Å². The van der Waals surface area contributed by atoms with Crippen molar-refractivity contribution in [3.8, 4) is 0 Å². The number of ether oxygens (including phenoxy) is 2. The summed E-state index contributed by atoms with van der Waals surface area (Å²) < 4.78 is 14.2. The number of nitrogens with zero attached hydrogens (tertiary/aromatic N) is 3. The van der Waals surface area contributed by atoms with E-state index in [0.717, 1.165) is 23.0 Å². The van der Waals surface area contributed by atoms with E-state index in [1.54, 1.807) is 6.33 Å². The lowest BCUT2D eigenvalue weighted by molar-refractivity contribution is -0.158. The number of rotatable bonds is 2. The SMILES string of the molecule is Cc1ncnc2c1ccn2[C@@H]1C=C(C=O)[C@@]2(C)OC(C)(C)O[C@@H]12. The minimum absolute atomic E-state index is 0.145. The van der Waals surface area contributed by atoms with Crippen LogP contribution in [-0.4, -0.2) is 38.3 Å². The molecule has 0 aromatic carbocycles. The molecule has 120 valence electrons. The standard InChI is InChI=1S/C17H19N3O3/c1-10-12-5-6-20(15(12)19-9-18-10)13-7-11(8-21)17(4)14(13)22-16(2,3)23-17/h5-9,13-14H,1-4H3/t13-,14+,17-/m1/s1. The molecule has 0 radical (unpaired) electrons. The normalized spacial score (nSPS) is 32.1. The number of hydrogen-bond donors (Lipinski definition) is 0. The predicted octanol–water partition coefficient (Wildman–Crippen LogP) is 2.33. The van der Waals surface area contributed by atoms with Crippen molar-refractivity contribution in [3.05, 3.63) is 35.9 Å². The van der Waals surface area contributed by atoms with Crippen molar-refractivity contribution < 1.29 is 14.3 Å². The number of carbonyl (C=O) groups excluding carboxylic acids is 1. The van der Waals surface area contributed by atoms with Gasteiger partial charge in [0.25, 0.3) is 0 Å². The molecule has 0 spiro atoms. The van der Waals surface area contributed by atoms with E-state index in [4.69, 9.17) is 9.47 Å². The fraction of sp³-hybridized carbons (Fsp3) is 0.471. The summed E-state index contributed by atoms with van der Waals surface area (Å²) in [7, 11) is 0. The van der Waals surface area contributed by atoms with Gasteiger partial charge in [0.2, 0.25) is 0 Å². The van der Waals surface area contributed by atoms with Gasteiger partial charge < -0.3 is 14.0 Å². The number of aromatic nitrogens is 3. The zero-order valence-electron chi connectivity index (χ0n) is 13.6. The zero-order chi connectivity index (χ0) is 16.4. The van der Waals surface area contributed by atoms with E-state index in [9.17, 15) is 4.79 Å². The summed E-state index contributed by atoms with van der Waals surface area (Å²) >= 11 is 0. The van der Waals surface area contributed by atoms with E-state index in [1.165, 1.54) is 0 Å². The third-order valence-corrected chi connectivity index (χ3v) is 4.80. The van der Waals surface area contributed by atoms with Gasteiger partial charge in [0.05, 0.1) is 11.7 Å². The van der Waals surface area contributed by atoms with E-state index in [0.29, 0.717) is 5.57 Å². The smallest absolute Gasteiger partial charge is 0.164 e. The Kier molecular flexibility index (Phi) is 2.84. The molecule has 1 aliphatic carbocycles. The Morgan fingerprint density at radius 3 is 2.83 bits per heavy atom. The van der Waals surface area contributed by atoms with Gasteiger partial charge in [-0.25, -0.2) is 9.97 Å². The summed E-state index contributed by atoms with van der Waals surface area (Å²) in [5.41, 5.74) is 1.64. The molecule has 6 heteroatoms. The van der Waals surface area contributed by atoms with Gasteiger partial charge in [-0.3, -0.25) is 4.79 Å². The first-order valence-corrected chi connectivity index (χ1v) is 7.69. The Labute approximate surface area is 134 Å². The summed E-state index contributed by atoms with van der Waals surface area (Å²) in [6.07, 6.45) is 6.04. The summed E-state index contributed by atoms with van der Waals surface area (Å²) in [4.78, 5) is 20.2. The highest BCUT2D eigenvalue weighted by Gasteiger charge is 2.59. The Hall–Kier alpha value is -2.05. The maximum Gasteiger partial charge on any atom is 0.164 e. The molecule has 23 heavy (non-hydrogen) atoms. The highest BCUT2D eigenvalue weighted by molar-refractivity contribution is 5.81. The molecular weight excluding hydrogens is 294 g/mol. The summed E-state index contributed by atoms with van der Waals surface area (Å²) in [6.45, 7) is 7.61. The fourth-order valence-corrected chi connectivity index (χ4v) is 3.79. The van der Waals surface area contributed by atoms with Crippen LogP contribution in [0.1, 0.15) is 32.5 Å². The molecule has 1 fully saturated rings. The van der Waals surface area contributed by atoms with Crippen molar-refractivity contribution in [2.75, 3.05) is 0 Å². The average Bonchev–Trinajstić information content (AvgIpc) is 3.07. The molecule has 0 N–H and O–H groups in total. The van der Waals surface area contributed by atoms with Crippen LogP contribution in [0.4, 0.5) is 0 Å². The minimum Gasteiger partial charge on any atom is -0.341 e. The topological polar surface area (TPSA) is 66.2 Å². The number of hydrogen-bond acceptors (Lipinski definition) is 5. The lowest BCUT2D eigenvalue weighted by Crippen LogP contribution is -2.38. The second-order valence-corrected chi connectivity index (χ2v) is 6.80. The first-order chi connectivity index (χ1) is 10.9. The molecule has 0 bridgehead atoms. The maximum atomic E-state index is 11.6. The van der Waals surface area contributed by atoms with Crippen molar-refractivity contribution in [2.45, 2.75) is 51.2 Å². The molecule has 0 amide bonds. The van der Waals surface area contributed by atoms with Crippen LogP contribution in [0.5, 0.6) is 0 Å². The largest absolute Gasteiger partial charge is 0.341 e. The number of aryl methyl sites for hydroxylation is 1. The van der Waals surface area contributed by atoms with Crippen molar-refractivity contribution in [1.82, 2.24) is 14.5 Å². The third kappa shape index (κ3) is 1.91. The molecular formula is C17H19N3O3. The molecule has 1 aliphatic heterocycles. The zero-order valence-corrected chi connectivity index (χ0v) is 13.6. The number of carbonyl (C=O) groups is 1. The lowest BCUT2D eigenvalue weighted by atomic mass is 9.96. The van der Waals surface area contributed by atoms with Gasteiger partial charge in [0, 0.05) is 17.2 Å². The van der Waals surface area contributed by atoms with Crippen molar-refractivity contribution in [1.29, 1.82) is 0 Å². The number of aldehydes is 1. The van der Waals surface area contributed by atoms with Crippen LogP contribution in [0.15, 0.2) is 30.2 Å². The molecule has 6 nitrogen and oxygen atoms in total. The molecule has 0 unspecified atom stereocenters. The second-order valence-electron chi connectivity index (χ2n) is 6.80. The van der Waals surface area contributed by atoms with Crippen LogP contribution < -0.4 is 0 Å². The van der Waals surface area contributed by atoms with Crippen LogP contribution in [0.25, 0.3) is 11.0 Å². The van der Waals surface area contributed by atoms with E-state index < -0.39 is 11.4 Å². The maximum absolute atomic E-state index is 11.6. The molecule has 3 heterocycles. The van der Waals surface area contributed by atoms with Crippen LogP contribution in [0, 0.1) is 6.92 Å². The van der Waals surface area contributed by atoms with Crippen LogP contribution in [-0.2, 0) is 14.3 Å². The van der Waals surface area contributed by atoms with Gasteiger partial charge in [-0.1, -0.05) is 0 Å². The summed E-state index contributed by atoms with van der Waals surface area (Å²) in [6, 6.07) is 1.85. The summed E-state index contributed by atoms with van der Waals surface area (Å²) in [5, 5.41) is 1.00. The van der Waals surface area contributed by atoms with Gasteiger partial charge in [-0.2, -0.15) is 0 Å². The van der Waals surface area contributed by atoms with Crippen molar-refractivity contribution in [2.24, 2.45) is 0 Å². The van der Waals surface area contributed by atoms with Gasteiger partial charge >= 0.3 is 0 Å². The molecule has 2 aromatic heterocycles. The van der Waals surface area contributed by atoms with Gasteiger partial charge in [0.1, 0.15) is 30.0 Å². The van der Waals surface area contributed by atoms with E-state index in [2.05, 4.69) is 9.97 Å². The summed E-state index contributed by atoms with van der Waals surface area (Å²) in [5.74, 6) is -0.728. The first-order valence-electron chi connectivity index (χ1n) is 7.69. The first kappa shape index (κ1) is 14.5. The number of fused-ring (bicyclic) bond motifs is 2. The molecule has 2 aliphatic rings. The lowest BCUT2D eigenvalue weighted by Gasteiger charge is -2.26. The highest BCUT2D eigenvalue weighted by atomic mass is 16.8. The molecule has 3 atom stereocenters. The minimum atomic E-state index is -0.741. The highest BCUT2D eigenvalue weighted by Crippen LogP contribution is 2.50. The Balaban J connectivity index is 1.87. The predicted molar refractivity (Wildman–Crippen MR) is 83.9 cm³/mol. The van der Waals surface area contributed by atoms with Gasteiger partial charge in [0.15, 0.2) is 5.79 Å². The van der Waals surface area contributed by atoms with Gasteiger partial charge in [-0.15, -0.1) is 0 Å². The Morgan fingerprint density at radius 2 is 2.09 bits per heavy atom. The Bertz CT molecular complexity index is 839. The van der Waals surface area contributed by atoms with Crippen LogP contribution in [0.2, 0.25) is 0 Å². The molecule has 0 saturated carbocycles. The van der Waals surface area contributed by atoms with E-state index in [1.807, 2.05) is 50.6 Å². The van der Waals surface area contributed by atoms with E-state index >= 15 is 0 Å². The monoisotopic (exact) mass is 313 g/mol. The van der Waals surface area contributed by atoms with Crippen LogP contribution >= 0.6 is 0 Å². The second kappa shape index (κ2) is 4.49. The quantitative estimate of drug-likeness (QED) is 0.796. The molecule has 4 rings (SSSR count). The Morgan fingerprint density at radius 1 is 1.30 bits per heavy atom. The van der Waals surface area contributed by atoms with Crippen molar-refractivity contribution in [3.63, 3.8) is 0 Å². The van der Waals surface area contributed by atoms with Gasteiger partial charge in [-0.05, 0) is 39.8 Å². The fourth-order valence-electron chi connectivity index (χ4n) is 3.79. The molecule has 1 saturated heterocycles. The third-order valence-electron chi connectivity index (χ3n) is 4.80. The van der Waals surface area contributed by atoms with E-state index in [-0.39, 0.29) is 12.1 Å².